The lowest BCUT2D eigenvalue weighted by Gasteiger charge is -2.42. The average molecular weight is 207 g/mol. The van der Waals surface area contributed by atoms with Gasteiger partial charge in [-0.1, -0.05) is 26.7 Å². The highest BCUT2D eigenvalue weighted by atomic mass is 15.3. The normalized spacial score (nSPS) is 20.5. The highest BCUT2D eigenvalue weighted by Crippen LogP contribution is 2.19. The van der Waals surface area contributed by atoms with E-state index >= 15 is 0 Å². The van der Waals surface area contributed by atoms with E-state index in [0.29, 0.717) is 6.98 Å². The third kappa shape index (κ3) is 3.54. The van der Waals surface area contributed by atoms with Crippen molar-refractivity contribution in [3.8, 4) is 0 Å². The number of nitrogens with zero attached hydrogens (tertiary/aromatic N) is 3. The zero-order chi connectivity index (χ0) is 11.4. The molecule has 3 nitrogen and oxygen atoms in total. The zero-order valence-corrected chi connectivity index (χ0v) is 11.0. The minimum absolute atomic E-state index is 0.631. The Bertz CT molecular complexity index is 177. The fourth-order valence-electron chi connectivity index (χ4n) is 2.61. The summed E-state index contributed by atoms with van der Waals surface area (Å²) in [5.41, 5.74) is 0. The zero-order valence-electron chi connectivity index (χ0n) is 11.0. The maximum absolute atomic E-state index is 2.46. The Hall–Kier alpha value is 0.0748. The predicted octanol–water partition coefficient (Wildman–Crippen LogP) is 0.253. The largest absolute Gasteiger partial charge is 0.366 e. The quantitative estimate of drug-likeness (QED) is 0.611. The van der Waals surface area contributed by atoms with Crippen molar-refractivity contribution in [3.63, 3.8) is 0 Å². The van der Waals surface area contributed by atoms with E-state index in [-0.39, 0.29) is 0 Å². The Morgan fingerprint density at radius 2 is 1.47 bits per heavy atom. The first-order valence-electron chi connectivity index (χ1n) is 6.17. The molecule has 0 bridgehead atoms. The third-order valence-electron chi connectivity index (χ3n) is 3.65. The molecule has 0 aromatic carbocycles. The van der Waals surface area contributed by atoms with Crippen molar-refractivity contribution >= 4 is 22.1 Å². The fourth-order valence-corrected chi connectivity index (χ4v) is 2.61. The molecule has 6 heteroatoms. The molecule has 0 aliphatic carbocycles. The Labute approximate surface area is 96.9 Å². The van der Waals surface area contributed by atoms with Gasteiger partial charge in [0.1, 0.15) is 0 Å². The van der Waals surface area contributed by atoms with E-state index in [1.807, 2.05) is 0 Å². The van der Waals surface area contributed by atoms with Crippen molar-refractivity contribution in [1.29, 1.82) is 0 Å². The van der Waals surface area contributed by atoms with Gasteiger partial charge >= 0.3 is 0 Å². The van der Waals surface area contributed by atoms with Crippen LogP contribution in [0.5, 0.6) is 0 Å². The van der Waals surface area contributed by atoms with Crippen LogP contribution in [0.4, 0.5) is 0 Å². The maximum Gasteiger partial charge on any atom is 0.289 e. The molecule has 1 rings (SSSR count). The smallest absolute Gasteiger partial charge is 0.289 e. The number of hydrogen-bond donors (Lipinski definition) is 0. The van der Waals surface area contributed by atoms with Crippen molar-refractivity contribution in [2.75, 3.05) is 21.1 Å². The molecule has 0 saturated carbocycles. The summed E-state index contributed by atoms with van der Waals surface area (Å²) in [7, 11) is 8.84. The predicted molar refractivity (Wildman–Crippen MR) is 72.2 cm³/mol. The van der Waals surface area contributed by atoms with Gasteiger partial charge in [0.15, 0.2) is 0 Å². The SMILES string of the molecule is CCC(CC)CB1N(C)BN(C)BN1C. The monoisotopic (exact) mass is 207 g/mol. The molecule has 1 aliphatic heterocycles. The van der Waals surface area contributed by atoms with E-state index in [1.165, 1.54) is 19.2 Å². The lowest BCUT2D eigenvalue weighted by Crippen LogP contribution is -2.64. The van der Waals surface area contributed by atoms with Crippen LogP contribution in [0.15, 0.2) is 0 Å². The van der Waals surface area contributed by atoms with Crippen LogP contribution in [0.3, 0.4) is 0 Å². The summed E-state index contributed by atoms with van der Waals surface area (Å²) >= 11 is 0. The van der Waals surface area contributed by atoms with Crippen molar-refractivity contribution in [1.82, 2.24) is 14.2 Å². The first kappa shape index (κ1) is 13.1. The van der Waals surface area contributed by atoms with Gasteiger partial charge in [0.2, 0.25) is 0 Å². The topological polar surface area (TPSA) is 9.72 Å². The summed E-state index contributed by atoms with van der Waals surface area (Å²) in [5, 5.41) is 0. The second-order valence-corrected chi connectivity index (χ2v) is 5.05. The van der Waals surface area contributed by atoms with Crippen LogP contribution in [-0.4, -0.2) is 57.4 Å². The van der Waals surface area contributed by atoms with Gasteiger partial charge in [0, 0.05) is 0 Å². The number of rotatable bonds is 4. The maximum atomic E-state index is 2.46. The summed E-state index contributed by atoms with van der Waals surface area (Å²) in [6, 6.07) is 0. The van der Waals surface area contributed by atoms with Gasteiger partial charge in [-0.15, -0.1) is 0 Å². The molecule has 0 radical (unpaired) electrons. The minimum Gasteiger partial charge on any atom is -0.366 e. The first-order chi connectivity index (χ1) is 7.08. The van der Waals surface area contributed by atoms with Gasteiger partial charge in [-0.25, -0.2) is 0 Å². The molecule has 0 aromatic rings. The van der Waals surface area contributed by atoms with E-state index < -0.39 is 0 Å². The second-order valence-electron chi connectivity index (χ2n) is 5.05. The Morgan fingerprint density at radius 3 is 1.87 bits per heavy atom. The highest BCUT2D eigenvalue weighted by Gasteiger charge is 2.33. The molecule has 1 fully saturated rings. The standard InChI is InChI=1S/C9H24B3N3/c1-6-9(7-2)8-12-14(4)10-13(3)11-15(12)5/h9-11H,6-8H2,1-5H3. The van der Waals surface area contributed by atoms with E-state index in [1.54, 1.807) is 0 Å². The molecular weight excluding hydrogens is 183 g/mol. The molecule has 0 aromatic heterocycles. The van der Waals surface area contributed by atoms with Crippen molar-refractivity contribution < 1.29 is 0 Å². The van der Waals surface area contributed by atoms with Crippen LogP contribution in [-0.2, 0) is 0 Å². The Morgan fingerprint density at radius 1 is 1.00 bits per heavy atom. The lowest BCUT2D eigenvalue weighted by atomic mass is 9.54. The average Bonchev–Trinajstić information content (AvgIpc) is 2.17. The van der Waals surface area contributed by atoms with Gasteiger partial charge in [-0.2, -0.15) is 0 Å². The number of hydrogen-bond acceptors (Lipinski definition) is 3. The molecule has 1 heterocycles. The van der Waals surface area contributed by atoms with Crippen molar-refractivity contribution in [2.45, 2.75) is 33.0 Å². The molecular formula is C9H24B3N3. The minimum atomic E-state index is 0.631. The molecule has 0 amide bonds. The van der Waals surface area contributed by atoms with Crippen molar-refractivity contribution in [3.05, 3.63) is 0 Å². The lowest BCUT2D eigenvalue weighted by molar-refractivity contribution is 0.496. The summed E-state index contributed by atoms with van der Waals surface area (Å²) in [5.74, 6) is 0.878. The molecule has 0 atom stereocenters. The van der Waals surface area contributed by atoms with Gasteiger partial charge in [0.05, 0.1) is 0 Å². The molecule has 0 N–H and O–H groups in total. The second kappa shape index (κ2) is 5.97. The van der Waals surface area contributed by atoms with E-state index in [2.05, 4.69) is 49.2 Å². The molecule has 0 unspecified atom stereocenters. The van der Waals surface area contributed by atoms with E-state index in [4.69, 9.17) is 0 Å². The first-order valence-corrected chi connectivity index (χ1v) is 6.17. The van der Waals surface area contributed by atoms with Crippen LogP contribution in [0.2, 0.25) is 6.32 Å². The van der Waals surface area contributed by atoms with Crippen LogP contribution < -0.4 is 0 Å². The summed E-state index contributed by atoms with van der Waals surface area (Å²) < 4.78 is 7.27. The Kier molecular flexibility index (Phi) is 5.23. The molecule has 1 saturated heterocycles. The summed E-state index contributed by atoms with van der Waals surface area (Å²) in [6.07, 6.45) is 3.93. The molecule has 15 heavy (non-hydrogen) atoms. The van der Waals surface area contributed by atoms with Crippen LogP contribution >= 0.6 is 0 Å². The Balaban J connectivity index is 2.51. The van der Waals surface area contributed by atoms with Gasteiger partial charge < -0.3 is 14.2 Å². The van der Waals surface area contributed by atoms with E-state index in [9.17, 15) is 0 Å². The highest BCUT2D eigenvalue weighted by molar-refractivity contribution is 6.74. The van der Waals surface area contributed by atoms with Gasteiger partial charge in [-0.3, -0.25) is 0 Å². The van der Waals surface area contributed by atoms with Gasteiger partial charge in [-0.05, 0) is 33.4 Å². The van der Waals surface area contributed by atoms with Crippen LogP contribution in [0.25, 0.3) is 0 Å². The molecule has 1 aliphatic rings. The van der Waals surface area contributed by atoms with Crippen LogP contribution in [0.1, 0.15) is 26.7 Å². The van der Waals surface area contributed by atoms with E-state index in [0.717, 1.165) is 21.0 Å². The molecule has 84 valence electrons. The summed E-state index contributed by atoms with van der Waals surface area (Å²) in [4.78, 5) is 0. The fraction of sp³-hybridized carbons (Fsp3) is 1.00. The van der Waals surface area contributed by atoms with Gasteiger partial charge in [0.25, 0.3) is 22.1 Å². The third-order valence-corrected chi connectivity index (χ3v) is 3.65. The summed E-state index contributed by atoms with van der Waals surface area (Å²) in [6.45, 7) is 5.25. The molecule has 0 spiro atoms. The van der Waals surface area contributed by atoms with Crippen molar-refractivity contribution in [2.24, 2.45) is 5.92 Å². The van der Waals surface area contributed by atoms with Crippen LogP contribution in [0, 0.1) is 5.92 Å².